The van der Waals surface area contributed by atoms with Crippen LogP contribution in [0.2, 0.25) is 0 Å². The van der Waals surface area contributed by atoms with Crippen LogP contribution >= 0.6 is 0 Å². The standard InChI is InChI=1S/C21H26O4/c1-24-18-4-2-3-14(8-18)9-20(23)25-13-19(22)21-10-15-5-16(11-21)7-17(6-15)12-21/h2-4,8,15-17H,5-7,9-13H2,1H3. The Morgan fingerprint density at radius 3 is 2.32 bits per heavy atom. The maximum atomic E-state index is 12.9. The van der Waals surface area contributed by atoms with E-state index in [4.69, 9.17) is 9.47 Å². The highest BCUT2D eigenvalue weighted by Crippen LogP contribution is 2.60. The van der Waals surface area contributed by atoms with Crippen LogP contribution < -0.4 is 4.74 Å². The maximum Gasteiger partial charge on any atom is 0.310 e. The fraction of sp³-hybridized carbons (Fsp3) is 0.619. The van der Waals surface area contributed by atoms with Crippen molar-refractivity contribution in [2.75, 3.05) is 13.7 Å². The highest BCUT2D eigenvalue weighted by Gasteiger charge is 2.54. The second kappa shape index (κ2) is 6.47. The number of Topliss-reactive ketones (excluding diaryl/α,β-unsaturated/α-hetero) is 1. The molecule has 4 nitrogen and oxygen atoms in total. The zero-order valence-electron chi connectivity index (χ0n) is 14.8. The second-order valence-electron chi connectivity index (χ2n) is 8.31. The van der Waals surface area contributed by atoms with E-state index in [1.165, 1.54) is 19.3 Å². The summed E-state index contributed by atoms with van der Waals surface area (Å²) in [6, 6.07) is 7.38. The maximum absolute atomic E-state index is 12.9. The zero-order chi connectivity index (χ0) is 17.4. The molecule has 0 aliphatic heterocycles. The Kier molecular flexibility index (Phi) is 4.30. The number of benzene rings is 1. The van der Waals surface area contributed by atoms with Crippen molar-refractivity contribution in [3.8, 4) is 5.75 Å². The summed E-state index contributed by atoms with van der Waals surface area (Å²) in [5, 5.41) is 0. The van der Waals surface area contributed by atoms with Gasteiger partial charge in [-0.15, -0.1) is 0 Å². The molecular weight excluding hydrogens is 316 g/mol. The average Bonchev–Trinajstić information content (AvgIpc) is 2.58. The number of methoxy groups -OCH3 is 1. The van der Waals surface area contributed by atoms with Crippen LogP contribution in [0, 0.1) is 23.2 Å². The van der Waals surface area contributed by atoms with E-state index in [2.05, 4.69) is 0 Å². The van der Waals surface area contributed by atoms with Crippen LogP contribution in [0.25, 0.3) is 0 Å². The molecule has 0 unspecified atom stereocenters. The quantitative estimate of drug-likeness (QED) is 0.742. The Morgan fingerprint density at radius 2 is 1.72 bits per heavy atom. The number of hydrogen-bond acceptors (Lipinski definition) is 4. The van der Waals surface area contributed by atoms with Gasteiger partial charge in [0.25, 0.3) is 0 Å². The van der Waals surface area contributed by atoms with Gasteiger partial charge in [0.1, 0.15) is 5.75 Å². The van der Waals surface area contributed by atoms with Gasteiger partial charge in [-0.25, -0.2) is 0 Å². The number of carbonyl (C=O) groups excluding carboxylic acids is 2. The predicted molar refractivity (Wildman–Crippen MR) is 93.3 cm³/mol. The molecule has 0 aromatic heterocycles. The first-order valence-electron chi connectivity index (χ1n) is 9.38. The van der Waals surface area contributed by atoms with Crippen molar-refractivity contribution in [3.05, 3.63) is 29.8 Å². The summed E-state index contributed by atoms with van der Waals surface area (Å²) in [4.78, 5) is 25.0. The Bertz CT molecular complexity index is 643. The minimum Gasteiger partial charge on any atom is -0.497 e. The number of ether oxygens (including phenoxy) is 2. The lowest BCUT2D eigenvalue weighted by Crippen LogP contribution is -2.51. The third-order valence-corrected chi connectivity index (χ3v) is 6.48. The fourth-order valence-electron chi connectivity index (χ4n) is 5.75. The van der Waals surface area contributed by atoms with Crippen molar-refractivity contribution in [2.45, 2.75) is 44.9 Å². The molecule has 0 amide bonds. The minimum absolute atomic E-state index is 0.0606. The van der Waals surface area contributed by atoms with Crippen LogP contribution in [0.5, 0.6) is 5.75 Å². The van der Waals surface area contributed by atoms with Crippen molar-refractivity contribution in [1.82, 2.24) is 0 Å². The molecule has 4 bridgehead atoms. The molecule has 0 heterocycles. The smallest absolute Gasteiger partial charge is 0.310 e. The molecular formula is C21H26O4. The average molecular weight is 342 g/mol. The van der Waals surface area contributed by atoms with E-state index in [1.54, 1.807) is 7.11 Å². The van der Waals surface area contributed by atoms with Crippen LogP contribution in [0.3, 0.4) is 0 Å². The molecule has 4 aliphatic carbocycles. The summed E-state index contributed by atoms with van der Waals surface area (Å²) in [5.41, 5.74) is 0.650. The van der Waals surface area contributed by atoms with E-state index in [9.17, 15) is 9.59 Å². The van der Waals surface area contributed by atoms with E-state index in [1.807, 2.05) is 24.3 Å². The molecule has 0 saturated heterocycles. The van der Waals surface area contributed by atoms with E-state index < -0.39 is 0 Å². The molecule has 134 valence electrons. The molecule has 4 fully saturated rings. The van der Waals surface area contributed by atoms with Gasteiger partial charge in [0.2, 0.25) is 0 Å². The van der Waals surface area contributed by atoms with Crippen molar-refractivity contribution in [1.29, 1.82) is 0 Å². The lowest BCUT2D eigenvalue weighted by molar-refractivity contribution is -0.157. The normalized spacial score (nSPS) is 32.4. The Hall–Kier alpha value is -1.84. The number of rotatable bonds is 6. The topological polar surface area (TPSA) is 52.6 Å². The molecule has 4 aliphatic rings. The summed E-state index contributed by atoms with van der Waals surface area (Å²) >= 11 is 0. The number of carbonyl (C=O) groups is 2. The molecule has 4 saturated carbocycles. The van der Waals surface area contributed by atoms with Crippen LogP contribution in [0.4, 0.5) is 0 Å². The van der Waals surface area contributed by atoms with Gasteiger partial charge >= 0.3 is 5.97 Å². The lowest BCUT2D eigenvalue weighted by atomic mass is 9.48. The van der Waals surface area contributed by atoms with Crippen molar-refractivity contribution < 1.29 is 19.1 Å². The van der Waals surface area contributed by atoms with Gasteiger partial charge in [0.05, 0.1) is 13.5 Å². The van der Waals surface area contributed by atoms with Crippen LogP contribution in [-0.2, 0) is 20.7 Å². The largest absolute Gasteiger partial charge is 0.497 e. The predicted octanol–water partition coefficient (Wildman–Crippen LogP) is 3.57. The number of ketones is 1. The third-order valence-electron chi connectivity index (χ3n) is 6.48. The van der Waals surface area contributed by atoms with E-state index in [-0.39, 0.29) is 30.2 Å². The van der Waals surface area contributed by atoms with E-state index >= 15 is 0 Å². The first-order chi connectivity index (χ1) is 12.1. The zero-order valence-corrected chi connectivity index (χ0v) is 14.8. The second-order valence-corrected chi connectivity index (χ2v) is 8.31. The third kappa shape index (κ3) is 3.31. The van der Waals surface area contributed by atoms with Gasteiger partial charge in [-0.1, -0.05) is 12.1 Å². The van der Waals surface area contributed by atoms with Gasteiger partial charge < -0.3 is 9.47 Å². The van der Waals surface area contributed by atoms with Crippen LogP contribution in [0.1, 0.15) is 44.1 Å². The van der Waals surface area contributed by atoms with Gasteiger partial charge in [-0.3, -0.25) is 9.59 Å². The highest BCUT2D eigenvalue weighted by molar-refractivity contribution is 5.88. The van der Waals surface area contributed by atoms with E-state index in [0.29, 0.717) is 0 Å². The molecule has 1 aromatic carbocycles. The minimum atomic E-state index is -0.341. The Labute approximate surface area is 148 Å². The lowest BCUT2D eigenvalue weighted by Gasteiger charge is -2.55. The molecule has 1 aromatic rings. The van der Waals surface area contributed by atoms with E-state index in [0.717, 1.165) is 48.3 Å². The summed E-state index contributed by atoms with van der Waals surface area (Å²) in [6.45, 7) is -0.0606. The SMILES string of the molecule is COc1cccc(CC(=O)OCC(=O)C23CC4CC(CC(C4)C2)C3)c1. The van der Waals surface area contributed by atoms with Gasteiger partial charge in [-0.05, 0) is 74.0 Å². The molecule has 0 spiro atoms. The highest BCUT2D eigenvalue weighted by atomic mass is 16.5. The summed E-state index contributed by atoms with van der Waals surface area (Å²) in [5.74, 6) is 2.71. The summed E-state index contributed by atoms with van der Waals surface area (Å²) in [7, 11) is 1.60. The van der Waals surface area contributed by atoms with Crippen molar-refractivity contribution in [3.63, 3.8) is 0 Å². The van der Waals surface area contributed by atoms with Crippen LogP contribution in [-0.4, -0.2) is 25.5 Å². The number of esters is 1. The van der Waals surface area contributed by atoms with Crippen LogP contribution in [0.15, 0.2) is 24.3 Å². The number of hydrogen-bond donors (Lipinski definition) is 0. The van der Waals surface area contributed by atoms with Crippen molar-refractivity contribution >= 4 is 11.8 Å². The molecule has 4 heteroatoms. The monoisotopic (exact) mass is 342 g/mol. The van der Waals surface area contributed by atoms with Crippen molar-refractivity contribution in [2.24, 2.45) is 23.2 Å². The Morgan fingerprint density at radius 1 is 1.08 bits per heavy atom. The molecule has 0 atom stereocenters. The molecule has 5 rings (SSSR count). The molecule has 0 radical (unpaired) electrons. The Balaban J connectivity index is 1.33. The van der Waals surface area contributed by atoms with Gasteiger partial charge in [0.15, 0.2) is 12.4 Å². The summed E-state index contributed by atoms with van der Waals surface area (Å²) < 4.78 is 10.5. The molecule has 0 N–H and O–H groups in total. The first kappa shape index (κ1) is 16.6. The summed E-state index contributed by atoms with van der Waals surface area (Å²) in [6.07, 6.45) is 7.15. The van der Waals surface area contributed by atoms with Gasteiger partial charge in [0, 0.05) is 5.41 Å². The van der Waals surface area contributed by atoms with Gasteiger partial charge in [-0.2, -0.15) is 0 Å². The fourth-order valence-corrected chi connectivity index (χ4v) is 5.75. The first-order valence-corrected chi connectivity index (χ1v) is 9.38. The molecule has 25 heavy (non-hydrogen) atoms.